The standard InChI is InChI=1S/C17H21NO5/c19-16(20)17-10-18(9-13(17)3-4-21-11-17)8-12-1-2-14-15(7-12)23-6-5-22-14/h1-2,7,13H,3-6,8-11H2,(H,19,20)/t13-,17+/m0/s1. The van der Waals surface area contributed by atoms with E-state index >= 15 is 0 Å². The van der Waals surface area contributed by atoms with E-state index in [4.69, 9.17) is 14.2 Å². The second-order valence-corrected chi connectivity index (χ2v) is 6.65. The zero-order valence-corrected chi connectivity index (χ0v) is 13.0. The quantitative estimate of drug-likeness (QED) is 0.908. The van der Waals surface area contributed by atoms with Crippen molar-refractivity contribution in [2.75, 3.05) is 39.5 Å². The molecule has 4 rings (SSSR count). The van der Waals surface area contributed by atoms with E-state index in [-0.39, 0.29) is 5.92 Å². The van der Waals surface area contributed by atoms with Crippen molar-refractivity contribution < 1.29 is 24.1 Å². The van der Waals surface area contributed by atoms with Crippen LogP contribution in [0, 0.1) is 11.3 Å². The molecule has 3 aliphatic heterocycles. The van der Waals surface area contributed by atoms with Gasteiger partial charge in [-0.2, -0.15) is 0 Å². The van der Waals surface area contributed by atoms with Crippen molar-refractivity contribution in [2.45, 2.75) is 13.0 Å². The lowest BCUT2D eigenvalue weighted by atomic mass is 9.76. The number of benzene rings is 1. The van der Waals surface area contributed by atoms with E-state index in [0.29, 0.717) is 33.0 Å². The summed E-state index contributed by atoms with van der Waals surface area (Å²) in [5, 5.41) is 9.70. The molecule has 1 N–H and O–H groups in total. The van der Waals surface area contributed by atoms with Gasteiger partial charge in [-0.3, -0.25) is 9.69 Å². The zero-order chi connectivity index (χ0) is 15.9. The molecule has 2 fully saturated rings. The Morgan fingerprint density at radius 2 is 2.09 bits per heavy atom. The first-order chi connectivity index (χ1) is 11.2. The van der Waals surface area contributed by atoms with Crippen LogP contribution in [0.3, 0.4) is 0 Å². The van der Waals surface area contributed by atoms with Crippen LogP contribution in [0.1, 0.15) is 12.0 Å². The average molecular weight is 319 g/mol. The van der Waals surface area contributed by atoms with Gasteiger partial charge >= 0.3 is 5.97 Å². The molecule has 0 aliphatic carbocycles. The summed E-state index contributed by atoms with van der Waals surface area (Å²) < 4.78 is 16.6. The zero-order valence-electron chi connectivity index (χ0n) is 13.0. The number of carbonyl (C=O) groups is 1. The lowest BCUT2D eigenvalue weighted by Gasteiger charge is -2.34. The number of rotatable bonds is 3. The Labute approximate surface area is 134 Å². The summed E-state index contributed by atoms with van der Waals surface area (Å²) in [7, 11) is 0. The van der Waals surface area contributed by atoms with Gasteiger partial charge in [0.2, 0.25) is 0 Å². The van der Waals surface area contributed by atoms with Crippen molar-refractivity contribution in [3.8, 4) is 11.5 Å². The largest absolute Gasteiger partial charge is 0.486 e. The molecule has 1 aromatic carbocycles. The molecule has 0 spiro atoms. The van der Waals surface area contributed by atoms with Crippen LogP contribution in [-0.4, -0.2) is 55.5 Å². The molecule has 124 valence electrons. The molecular weight excluding hydrogens is 298 g/mol. The molecule has 3 aliphatic rings. The molecule has 0 radical (unpaired) electrons. The smallest absolute Gasteiger partial charge is 0.313 e. The van der Waals surface area contributed by atoms with Crippen LogP contribution in [0.4, 0.5) is 0 Å². The Morgan fingerprint density at radius 3 is 2.87 bits per heavy atom. The number of hydrogen-bond acceptors (Lipinski definition) is 5. The third-order valence-electron chi connectivity index (χ3n) is 5.17. The maximum absolute atomic E-state index is 11.8. The van der Waals surface area contributed by atoms with E-state index in [1.807, 2.05) is 18.2 Å². The predicted molar refractivity (Wildman–Crippen MR) is 81.7 cm³/mol. The lowest BCUT2D eigenvalue weighted by molar-refractivity contribution is -0.159. The van der Waals surface area contributed by atoms with Crippen molar-refractivity contribution in [1.82, 2.24) is 4.90 Å². The molecule has 0 bridgehead atoms. The molecular formula is C17H21NO5. The summed E-state index contributed by atoms with van der Waals surface area (Å²) in [6.07, 6.45) is 0.823. The average Bonchev–Trinajstić information content (AvgIpc) is 2.94. The van der Waals surface area contributed by atoms with Crippen LogP contribution in [0.25, 0.3) is 0 Å². The number of carboxylic acid groups (broad SMARTS) is 1. The molecule has 2 atom stereocenters. The van der Waals surface area contributed by atoms with Gasteiger partial charge in [-0.25, -0.2) is 0 Å². The van der Waals surface area contributed by atoms with Crippen molar-refractivity contribution in [3.63, 3.8) is 0 Å². The second-order valence-electron chi connectivity index (χ2n) is 6.65. The molecule has 6 nitrogen and oxygen atoms in total. The van der Waals surface area contributed by atoms with E-state index in [1.54, 1.807) is 0 Å². The van der Waals surface area contributed by atoms with Crippen LogP contribution < -0.4 is 9.47 Å². The van der Waals surface area contributed by atoms with Crippen LogP contribution in [0.15, 0.2) is 18.2 Å². The molecule has 0 amide bonds. The Kier molecular flexibility index (Phi) is 3.66. The third kappa shape index (κ3) is 2.56. The first-order valence-electron chi connectivity index (χ1n) is 8.09. The minimum atomic E-state index is -0.744. The first-order valence-corrected chi connectivity index (χ1v) is 8.09. The number of hydrogen-bond donors (Lipinski definition) is 1. The Balaban J connectivity index is 1.50. The second kappa shape index (κ2) is 5.69. The number of ether oxygens (including phenoxy) is 3. The summed E-state index contributed by atoms with van der Waals surface area (Å²) in [5.41, 5.74) is 0.376. The van der Waals surface area contributed by atoms with Crippen molar-refractivity contribution >= 4 is 5.97 Å². The van der Waals surface area contributed by atoms with Gasteiger partial charge in [0.15, 0.2) is 11.5 Å². The fourth-order valence-corrected chi connectivity index (χ4v) is 3.96. The summed E-state index contributed by atoms with van der Waals surface area (Å²) >= 11 is 0. The number of carboxylic acids is 1. The maximum atomic E-state index is 11.8. The van der Waals surface area contributed by atoms with E-state index in [9.17, 15) is 9.90 Å². The number of nitrogens with zero attached hydrogens (tertiary/aromatic N) is 1. The highest BCUT2D eigenvalue weighted by molar-refractivity contribution is 5.76. The molecule has 1 aromatic rings. The maximum Gasteiger partial charge on any atom is 0.313 e. The number of likely N-dealkylation sites (tertiary alicyclic amines) is 1. The lowest BCUT2D eigenvalue weighted by Crippen LogP contribution is -2.46. The Bertz CT molecular complexity index is 619. The van der Waals surface area contributed by atoms with Crippen LogP contribution >= 0.6 is 0 Å². The number of fused-ring (bicyclic) bond motifs is 2. The Morgan fingerprint density at radius 1 is 1.26 bits per heavy atom. The third-order valence-corrected chi connectivity index (χ3v) is 5.17. The molecule has 3 heterocycles. The summed E-state index contributed by atoms with van der Waals surface area (Å²) in [6.45, 7) is 4.22. The van der Waals surface area contributed by atoms with E-state index in [1.165, 1.54) is 0 Å². The van der Waals surface area contributed by atoms with Crippen LogP contribution in [0.2, 0.25) is 0 Å². The van der Waals surface area contributed by atoms with E-state index in [2.05, 4.69) is 4.90 Å². The summed E-state index contributed by atoms with van der Waals surface area (Å²) in [4.78, 5) is 14.0. The van der Waals surface area contributed by atoms with Gasteiger partial charge in [-0.05, 0) is 30.0 Å². The molecule has 0 aromatic heterocycles. The molecule has 0 saturated carbocycles. The predicted octanol–water partition coefficient (Wildman–Crippen LogP) is 1.38. The fourth-order valence-electron chi connectivity index (χ4n) is 3.96. The minimum absolute atomic E-state index is 0.172. The normalized spacial score (nSPS) is 30.0. The molecule has 2 saturated heterocycles. The van der Waals surface area contributed by atoms with Crippen molar-refractivity contribution in [3.05, 3.63) is 23.8 Å². The highest BCUT2D eigenvalue weighted by Crippen LogP contribution is 2.42. The van der Waals surface area contributed by atoms with Gasteiger partial charge in [0.05, 0.1) is 6.61 Å². The highest BCUT2D eigenvalue weighted by atomic mass is 16.6. The molecule has 6 heteroatoms. The van der Waals surface area contributed by atoms with Gasteiger partial charge < -0.3 is 19.3 Å². The van der Waals surface area contributed by atoms with Gasteiger partial charge in [-0.1, -0.05) is 6.07 Å². The minimum Gasteiger partial charge on any atom is -0.486 e. The van der Waals surface area contributed by atoms with Gasteiger partial charge in [0.25, 0.3) is 0 Å². The monoisotopic (exact) mass is 319 g/mol. The Hall–Kier alpha value is -1.79. The number of aliphatic carboxylic acids is 1. The van der Waals surface area contributed by atoms with Crippen molar-refractivity contribution in [1.29, 1.82) is 0 Å². The van der Waals surface area contributed by atoms with Crippen LogP contribution in [0.5, 0.6) is 11.5 Å². The van der Waals surface area contributed by atoms with Crippen LogP contribution in [-0.2, 0) is 16.1 Å². The fraction of sp³-hybridized carbons (Fsp3) is 0.588. The van der Waals surface area contributed by atoms with Crippen molar-refractivity contribution in [2.24, 2.45) is 11.3 Å². The molecule has 23 heavy (non-hydrogen) atoms. The van der Waals surface area contributed by atoms with E-state index in [0.717, 1.165) is 36.6 Å². The van der Waals surface area contributed by atoms with Gasteiger partial charge in [0, 0.05) is 26.2 Å². The highest BCUT2D eigenvalue weighted by Gasteiger charge is 2.53. The topological polar surface area (TPSA) is 68.2 Å². The summed E-state index contributed by atoms with van der Waals surface area (Å²) in [6, 6.07) is 5.96. The van der Waals surface area contributed by atoms with Gasteiger partial charge in [0.1, 0.15) is 18.6 Å². The SMILES string of the molecule is O=C(O)[C@]12COCC[C@H]1CN(Cc1ccc3c(c1)OCCO3)C2. The molecule has 0 unspecified atom stereocenters. The first kappa shape index (κ1) is 14.8. The van der Waals surface area contributed by atoms with E-state index < -0.39 is 11.4 Å². The van der Waals surface area contributed by atoms with Gasteiger partial charge in [-0.15, -0.1) is 0 Å². The summed E-state index contributed by atoms with van der Waals surface area (Å²) in [5.74, 6) is 1.00.